The predicted octanol–water partition coefficient (Wildman–Crippen LogP) is 8.23. The number of benzene rings is 6. The standard InChI is InChI=1S/C22H24P.C18H15P/c1-2-3-19-23(20-13-7-4-8-14-20,21-15-9-5-10-16-21)22-17-11-6-12-18-22;1-4-10-16(11-5-1)19(17-12-6-2-7-13-17)18-14-8-3-9-15-18/h4-18H,2-3,19H2,1H3;1-15H/q+1;. The molecule has 0 spiro atoms. The topological polar surface area (TPSA) is 0 Å². The van der Waals surface area contributed by atoms with E-state index in [1.165, 1.54) is 50.8 Å². The van der Waals surface area contributed by atoms with Crippen molar-refractivity contribution >= 4 is 47.0 Å². The van der Waals surface area contributed by atoms with Crippen molar-refractivity contribution in [1.29, 1.82) is 0 Å². The zero-order chi connectivity index (χ0) is 28.9. The Hall–Kier alpha value is -3.82. The van der Waals surface area contributed by atoms with Gasteiger partial charge in [-0.05, 0) is 66.7 Å². The van der Waals surface area contributed by atoms with E-state index in [9.17, 15) is 0 Å². The van der Waals surface area contributed by atoms with Gasteiger partial charge in [-0.2, -0.15) is 0 Å². The second-order valence-electron chi connectivity index (χ2n) is 10.2. The molecule has 0 nitrogen and oxygen atoms in total. The first-order chi connectivity index (χ1) is 20.8. The largest absolute Gasteiger partial charge is 0.112 e. The zero-order valence-corrected chi connectivity index (χ0v) is 26.1. The minimum absolute atomic E-state index is 0.446. The average Bonchev–Trinajstić information content (AvgIpc) is 3.09. The van der Waals surface area contributed by atoms with Gasteiger partial charge in [0, 0.05) is 0 Å². The van der Waals surface area contributed by atoms with Crippen LogP contribution in [0.5, 0.6) is 0 Å². The molecule has 42 heavy (non-hydrogen) atoms. The maximum atomic E-state index is 2.32. The minimum Gasteiger partial charge on any atom is -0.0652 e. The average molecular weight is 582 g/mol. The third kappa shape index (κ3) is 7.14. The Kier molecular flexibility index (Phi) is 10.9. The van der Waals surface area contributed by atoms with Crippen LogP contribution in [0.15, 0.2) is 182 Å². The van der Waals surface area contributed by atoms with Crippen LogP contribution in [-0.4, -0.2) is 6.16 Å². The molecule has 0 heterocycles. The van der Waals surface area contributed by atoms with Crippen LogP contribution in [-0.2, 0) is 0 Å². The molecule has 0 saturated heterocycles. The molecule has 208 valence electrons. The Labute approximate surface area is 254 Å². The van der Waals surface area contributed by atoms with E-state index in [0.29, 0.717) is 0 Å². The maximum absolute atomic E-state index is 2.32. The van der Waals surface area contributed by atoms with E-state index in [1.807, 2.05) is 0 Å². The summed E-state index contributed by atoms with van der Waals surface area (Å²) in [5.41, 5.74) is 0. The lowest BCUT2D eigenvalue weighted by Gasteiger charge is -2.27. The van der Waals surface area contributed by atoms with Crippen molar-refractivity contribution in [3.8, 4) is 0 Å². The van der Waals surface area contributed by atoms with E-state index in [2.05, 4.69) is 189 Å². The highest BCUT2D eigenvalue weighted by Gasteiger charge is 2.44. The van der Waals surface area contributed by atoms with Crippen LogP contribution in [0, 0.1) is 0 Å². The summed E-state index contributed by atoms with van der Waals surface area (Å²) in [5.74, 6) is 0. The summed E-state index contributed by atoms with van der Waals surface area (Å²) in [7, 11) is -2.02. The van der Waals surface area contributed by atoms with Crippen LogP contribution in [0.2, 0.25) is 0 Å². The molecule has 0 saturated carbocycles. The second-order valence-corrected chi connectivity index (χ2v) is 16.1. The second kappa shape index (κ2) is 15.4. The number of hydrogen-bond acceptors (Lipinski definition) is 0. The summed E-state index contributed by atoms with van der Waals surface area (Å²) < 4.78 is 0. The smallest absolute Gasteiger partial charge is 0.0652 e. The lowest BCUT2D eigenvalue weighted by Crippen LogP contribution is -2.33. The fourth-order valence-electron chi connectivity index (χ4n) is 5.46. The Bertz CT molecular complexity index is 1380. The molecule has 0 unspecified atom stereocenters. The van der Waals surface area contributed by atoms with Gasteiger partial charge in [-0.15, -0.1) is 0 Å². The highest BCUT2D eigenvalue weighted by Crippen LogP contribution is 2.55. The van der Waals surface area contributed by atoms with E-state index >= 15 is 0 Å². The van der Waals surface area contributed by atoms with Gasteiger partial charge in [0.1, 0.15) is 23.2 Å². The third-order valence-electron chi connectivity index (χ3n) is 7.48. The molecule has 0 aromatic heterocycles. The van der Waals surface area contributed by atoms with Crippen LogP contribution < -0.4 is 31.8 Å². The Morgan fingerprint density at radius 1 is 0.381 bits per heavy atom. The molecule has 0 radical (unpaired) electrons. The first-order valence-corrected chi connectivity index (χ1v) is 18.1. The molecule has 6 rings (SSSR count). The Morgan fingerprint density at radius 2 is 0.643 bits per heavy atom. The number of unbranched alkanes of at least 4 members (excludes halogenated alkanes) is 1. The summed E-state index contributed by atoms with van der Waals surface area (Å²) in [5, 5.41) is 8.67. The van der Waals surface area contributed by atoms with Gasteiger partial charge >= 0.3 is 0 Å². The molecule has 0 bridgehead atoms. The molecule has 0 aliphatic rings. The van der Waals surface area contributed by atoms with E-state index in [1.54, 1.807) is 0 Å². The predicted molar refractivity (Wildman–Crippen MR) is 190 cm³/mol. The van der Waals surface area contributed by atoms with E-state index in [0.717, 1.165) is 0 Å². The molecule has 0 N–H and O–H groups in total. The summed E-state index contributed by atoms with van der Waals surface area (Å²) in [6.07, 6.45) is 3.72. The normalized spacial score (nSPS) is 11.0. The molecule has 0 aliphatic heterocycles. The molecular formula is C40H39P2+. The summed E-state index contributed by atoms with van der Waals surface area (Å²) in [4.78, 5) is 0. The third-order valence-corrected chi connectivity index (χ3v) is 14.5. The molecule has 6 aromatic rings. The monoisotopic (exact) mass is 581 g/mol. The first kappa shape index (κ1) is 29.7. The quantitative estimate of drug-likeness (QED) is 0.151. The highest BCUT2D eigenvalue weighted by atomic mass is 31.2. The summed E-state index contributed by atoms with van der Waals surface area (Å²) in [6, 6.07) is 65.7. The van der Waals surface area contributed by atoms with Gasteiger partial charge in [-0.1, -0.05) is 159 Å². The van der Waals surface area contributed by atoms with Gasteiger partial charge in [0.15, 0.2) is 0 Å². The molecule has 0 fully saturated rings. The lowest BCUT2D eigenvalue weighted by atomic mass is 10.3. The zero-order valence-electron chi connectivity index (χ0n) is 24.3. The maximum Gasteiger partial charge on any atom is 0.112 e. The highest BCUT2D eigenvalue weighted by molar-refractivity contribution is 7.95. The van der Waals surface area contributed by atoms with Crippen molar-refractivity contribution in [2.24, 2.45) is 0 Å². The van der Waals surface area contributed by atoms with Crippen molar-refractivity contribution in [3.05, 3.63) is 182 Å². The first-order valence-electron chi connectivity index (χ1n) is 14.8. The van der Waals surface area contributed by atoms with Crippen LogP contribution >= 0.6 is 15.2 Å². The van der Waals surface area contributed by atoms with Gasteiger partial charge < -0.3 is 0 Å². The van der Waals surface area contributed by atoms with Gasteiger partial charge in [-0.25, -0.2) is 0 Å². The van der Waals surface area contributed by atoms with Crippen LogP contribution in [0.1, 0.15) is 19.8 Å². The molecule has 2 heteroatoms. The van der Waals surface area contributed by atoms with E-state index in [-0.39, 0.29) is 0 Å². The van der Waals surface area contributed by atoms with Crippen LogP contribution in [0.4, 0.5) is 0 Å². The fourth-order valence-corrected chi connectivity index (χ4v) is 12.3. The SMILES string of the molecule is CCCC[P+](c1ccccc1)(c1ccccc1)c1ccccc1.c1ccc(P(c2ccccc2)c2ccccc2)cc1. The van der Waals surface area contributed by atoms with Crippen molar-refractivity contribution in [2.75, 3.05) is 6.16 Å². The van der Waals surface area contributed by atoms with E-state index in [4.69, 9.17) is 0 Å². The van der Waals surface area contributed by atoms with Crippen LogP contribution in [0.25, 0.3) is 0 Å². The van der Waals surface area contributed by atoms with Gasteiger partial charge in [0.25, 0.3) is 0 Å². The Morgan fingerprint density at radius 3 is 0.905 bits per heavy atom. The minimum atomic E-state index is -1.57. The molecule has 0 atom stereocenters. The number of rotatable bonds is 9. The number of hydrogen-bond donors (Lipinski definition) is 0. The van der Waals surface area contributed by atoms with Crippen molar-refractivity contribution in [3.63, 3.8) is 0 Å². The molecular weight excluding hydrogens is 542 g/mol. The van der Waals surface area contributed by atoms with Crippen molar-refractivity contribution in [2.45, 2.75) is 19.8 Å². The fraction of sp³-hybridized carbons (Fsp3) is 0.100. The summed E-state index contributed by atoms with van der Waals surface area (Å²) >= 11 is 0. The van der Waals surface area contributed by atoms with Crippen molar-refractivity contribution in [1.82, 2.24) is 0 Å². The van der Waals surface area contributed by atoms with Gasteiger partial charge in [0.2, 0.25) is 0 Å². The van der Waals surface area contributed by atoms with Crippen LogP contribution in [0.3, 0.4) is 0 Å². The molecule has 0 amide bonds. The lowest BCUT2D eigenvalue weighted by molar-refractivity contribution is 0.891. The Balaban J connectivity index is 0.000000171. The molecule has 0 aliphatic carbocycles. The van der Waals surface area contributed by atoms with Gasteiger partial charge in [0.05, 0.1) is 6.16 Å². The van der Waals surface area contributed by atoms with E-state index < -0.39 is 15.2 Å². The summed E-state index contributed by atoms with van der Waals surface area (Å²) in [6.45, 7) is 2.29. The molecule has 6 aromatic carbocycles. The van der Waals surface area contributed by atoms with Gasteiger partial charge in [-0.3, -0.25) is 0 Å². The van der Waals surface area contributed by atoms with Crippen molar-refractivity contribution < 1.29 is 0 Å².